The normalized spacial score (nSPS) is 20.3. The van der Waals surface area contributed by atoms with E-state index in [9.17, 15) is 9.59 Å². The molecule has 0 heterocycles. The van der Waals surface area contributed by atoms with Crippen molar-refractivity contribution in [2.75, 3.05) is 27.2 Å². The largest absolute Gasteiger partial charge is 0.356 e. The van der Waals surface area contributed by atoms with E-state index >= 15 is 0 Å². The highest BCUT2D eigenvalue weighted by Gasteiger charge is 2.29. The van der Waals surface area contributed by atoms with E-state index in [1.54, 1.807) is 0 Å². The number of rotatable bonds is 8. The van der Waals surface area contributed by atoms with Gasteiger partial charge in [0.15, 0.2) is 0 Å². The predicted molar refractivity (Wildman–Crippen MR) is 99.9 cm³/mol. The average Bonchev–Trinajstić information content (AvgIpc) is 2.64. The van der Waals surface area contributed by atoms with Crippen molar-refractivity contribution >= 4 is 11.8 Å². The van der Waals surface area contributed by atoms with Crippen LogP contribution in [0.1, 0.15) is 37.7 Å². The van der Waals surface area contributed by atoms with E-state index in [4.69, 9.17) is 0 Å². The van der Waals surface area contributed by atoms with E-state index in [2.05, 4.69) is 15.5 Å². The molecule has 0 saturated heterocycles. The molecule has 5 nitrogen and oxygen atoms in total. The molecule has 1 aliphatic rings. The topological polar surface area (TPSA) is 61.4 Å². The molecule has 0 radical (unpaired) electrons. The van der Waals surface area contributed by atoms with Gasteiger partial charge in [-0.05, 0) is 58.3 Å². The number of carbonyl (C=O) groups excluding carboxylic acids is 2. The fourth-order valence-corrected chi connectivity index (χ4v) is 3.30. The van der Waals surface area contributed by atoms with Crippen LogP contribution in [0.4, 0.5) is 0 Å². The van der Waals surface area contributed by atoms with Crippen LogP contribution in [0.2, 0.25) is 0 Å². The number of benzene rings is 1. The van der Waals surface area contributed by atoms with Crippen LogP contribution in [0.15, 0.2) is 30.3 Å². The summed E-state index contributed by atoms with van der Waals surface area (Å²) in [5.74, 6) is 0.384. The molecular weight excluding hydrogens is 314 g/mol. The Hall–Kier alpha value is -1.88. The maximum atomic E-state index is 12.3. The second kappa shape index (κ2) is 10.2. The Morgan fingerprint density at radius 3 is 2.08 bits per heavy atom. The van der Waals surface area contributed by atoms with E-state index in [1.165, 1.54) is 0 Å². The third-order valence-corrected chi connectivity index (χ3v) is 4.86. The minimum atomic E-state index is 0.0431. The molecule has 0 aromatic heterocycles. The number of nitrogens with one attached hydrogen (secondary N) is 2. The molecule has 0 spiro atoms. The number of carbonyl (C=O) groups is 2. The molecule has 1 fully saturated rings. The van der Waals surface area contributed by atoms with E-state index in [0.717, 1.165) is 50.8 Å². The zero-order chi connectivity index (χ0) is 18.1. The molecular formula is C20H31N3O2. The molecule has 5 heteroatoms. The fourth-order valence-electron chi connectivity index (χ4n) is 3.30. The summed E-state index contributed by atoms with van der Waals surface area (Å²) in [4.78, 5) is 26.6. The van der Waals surface area contributed by atoms with Crippen LogP contribution >= 0.6 is 0 Å². The predicted octanol–water partition coefficient (Wildman–Crippen LogP) is 2.18. The summed E-state index contributed by atoms with van der Waals surface area (Å²) in [6.45, 7) is 2.29. The molecule has 1 aliphatic carbocycles. The highest BCUT2D eigenvalue weighted by Crippen LogP contribution is 2.29. The van der Waals surface area contributed by atoms with Crippen LogP contribution in [-0.4, -0.2) is 43.9 Å². The monoisotopic (exact) mass is 345 g/mol. The van der Waals surface area contributed by atoms with Crippen molar-refractivity contribution in [2.24, 2.45) is 11.8 Å². The lowest BCUT2D eigenvalue weighted by Gasteiger charge is -2.27. The summed E-state index contributed by atoms with van der Waals surface area (Å²) in [6.07, 6.45) is 4.19. The summed E-state index contributed by atoms with van der Waals surface area (Å²) in [6, 6.07) is 9.95. The first-order valence-electron chi connectivity index (χ1n) is 9.30. The van der Waals surface area contributed by atoms with Crippen molar-refractivity contribution in [1.29, 1.82) is 0 Å². The van der Waals surface area contributed by atoms with Gasteiger partial charge < -0.3 is 15.5 Å². The maximum Gasteiger partial charge on any atom is 0.223 e. The maximum absolute atomic E-state index is 12.3. The second-order valence-corrected chi connectivity index (χ2v) is 7.20. The van der Waals surface area contributed by atoms with Crippen molar-refractivity contribution in [3.8, 4) is 0 Å². The molecule has 2 rings (SSSR count). The third-order valence-electron chi connectivity index (χ3n) is 4.86. The van der Waals surface area contributed by atoms with Gasteiger partial charge in [0.25, 0.3) is 0 Å². The van der Waals surface area contributed by atoms with Gasteiger partial charge in [-0.3, -0.25) is 9.59 Å². The van der Waals surface area contributed by atoms with Gasteiger partial charge in [-0.15, -0.1) is 0 Å². The van der Waals surface area contributed by atoms with Gasteiger partial charge in [-0.25, -0.2) is 0 Å². The zero-order valence-electron chi connectivity index (χ0n) is 15.5. The van der Waals surface area contributed by atoms with Crippen molar-refractivity contribution in [3.05, 3.63) is 35.9 Å². The molecule has 0 bridgehead atoms. The number of nitrogens with zero attached hydrogens (tertiary/aromatic N) is 1. The van der Waals surface area contributed by atoms with Gasteiger partial charge in [0.05, 0.1) is 0 Å². The molecule has 0 aliphatic heterocycles. The summed E-state index contributed by atoms with van der Waals surface area (Å²) in [5, 5.41) is 6.05. The van der Waals surface area contributed by atoms with Crippen LogP contribution in [-0.2, 0) is 16.1 Å². The van der Waals surface area contributed by atoms with Gasteiger partial charge in [0, 0.05) is 24.9 Å². The van der Waals surface area contributed by atoms with Gasteiger partial charge in [0.1, 0.15) is 0 Å². The van der Waals surface area contributed by atoms with E-state index in [0.29, 0.717) is 6.54 Å². The highest BCUT2D eigenvalue weighted by atomic mass is 16.2. The first-order valence-corrected chi connectivity index (χ1v) is 9.30. The summed E-state index contributed by atoms with van der Waals surface area (Å²) < 4.78 is 0. The number of hydrogen-bond donors (Lipinski definition) is 2. The zero-order valence-corrected chi connectivity index (χ0v) is 15.5. The molecule has 2 amide bonds. The summed E-state index contributed by atoms with van der Waals surface area (Å²) in [7, 11) is 4.07. The van der Waals surface area contributed by atoms with Crippen LogP contribution in [0.3, 0.4) is 0 Å². The van der Waals surface area contributed by atoms with Crippen molar-refractivity contribution < 1.29 is 9.59 Å². The van der Waals surface area contributed by atoms with Crippen LogP contribution in [0.25, 0.3) is 0 Å². The van der Waals surface area contributed by atoms with Crippen molar-refractivity contribution in [1.82, 2.24) is 15.5 Å². The second-order valence-electron chi connectivity index (χ2n) is 7.20. The molecule has 1 saturated carbocycles. The van der Waals surface area contributed by atoms with Crippen molar-refractivity contribution in [3.63, 3.8) is 0 Å². The summed E-state index contributed by atoms with van der Waals surface area (Å²) in [5.41, 5.74) is 1.11. The Bertz CT molecular complexity index is 537. The van der Waals surface area contributed by atoms with Crippen LogP contribution in [0.5, 0.6) is 0 Å². The van der Waals surface area contributed by atoms with Crippen LogP contribution < -0.4 is 10.6 Å². The third kappa shape index (κ3) is 6.86. The lowest BCUT2D eigenvalue weighted by molar-refractivity contribution is -0.130. The molecule has 0 unspecified atom stereocenters. The smallest absolute Gasteiger partial charge is 0.223 e. The van der Waals surface area contributed by atoms with Crippen LogP contribution in [0, 0.1) is 11.8 Å². The average molecular weight is 345 g/mol. The van der Waals surface area contributed by atoms with E-state index < -0.39 is 0 Å². The first-order chi connectivity index (χ1) is 12.1. The van der Waals surface area contributed by atoms with Gasteiger partial charge in [0.2, 0.25) is 11.8 Å². The molecule has 1 aromatic rings. The number of hydrogen-bond acceptors (Lipinski definition) is 3. The minimum absolute atomic E-state index is 0.0431. The van der Waals surface area contributed by atoms with Gasteiger partial charge in [-0.2, -0.15) is 0 Å². The Labute approximate surface area is 151 Å². The van der Waals surface area contributed by atoms with Gasteiger partial charge in [-0.1, -0.05) is 30.3 Å². The summed E-state index contributed by atoms with van der Waals surface area (Å²) >= 11 is 0. The Morgan fingerprint density at radius 1 is 0.960 bits per heavy atom. The molecule has 0 atom stereocenters. The quantitative estimate of drug-likeness (QED) is 0.710. The molecule has 138 valence electrons. The Morgan fingerprint density at radius 2 is 1.52 bits per heavy atom. The first kappa shape index (κ1) is 19.4. The van der Waals surface area contributed by atoms with Gasteiger partial charge >= 0.3 is 0 Å². The fraction of sp³-hybridized carbons (Fsp3) is 0.600. The lowest BCUT2D eigenvalue weighted by Crippen LogP contribution is -2.38. The minimum Gasteiger partial charge on any atom is -0.356 e. The standard InChI is InChI=1S/C20H31N3O2/c1-23(2)14-6-13-21-19(24)17-9-11-18(12-10-17)20(25)22-15-16-7-4-3-5-8-16/h3-5,7-8,17-18H,6,9-15H2,1-2H3,(H,21,24)(H,22,25). The van der Waals surface area contributed by atoms with E-state index in [1.807, 2.05) is 44.4 Å². The number of amides is 2. The van der Waals surface area contributed by atoms with Crippen molar-refractivity contribution in [2.45, 2.75) is 38.6 Å². The highest BCUT2D eigenvalue weighted by molar-refractivity contribution is 5.81. The van der Waals surface area contributed by atoms with E-state index in [-0.39, 0.29) is 23.7 Å². The SMILES string of the molecule is CN(C)CCCNC(=O)C1CCC(C(=O)NCc2ccccc2)CC1. The Balaban J connectivity index is 1.64. The molecule has 2 N–H and O–H groups in total. The lowest BCUT2D eigenvalue weighted by atomic mass is 9.81. The Kier molecular flexibility index (Phi) is 7.92. The molecule has 25 heavy (non-hydrogen) atoms. The molecule has 1 aromatic carbocycles.